The van der Waals surface area contributed by atoms with Crippen molar-refractivity contribution >= 4 is 0 Å². The van der Waals surface area contributed by atoms with E-state index >= 15 is 0 Å². The quantitative estimate of drug-likeness (QED) is 0.611. The second kappa shape index (κ2) is 9.64. The number of ether oxygens (including phenoxy) is 4. The Morgan fingerprint density at radius 3 is 2.16 bits per heavy atom. The second-order valence-electron chi connectivity index (χ2n) is 4.29. The average molecular weight is 268 g/mol. The molecule has 0 bridgehead atoms. The van der Waals surface area contributed by atoms with Crippen molar-refractivity contribution in [1.82, 2.24) is 0 Å². The molecule has 0 unspecified atom stereocenters. The van der Waals surface area contributed by atoms with Gasteiger partial charge < -0.3 is 18.9 Å². The molecule has 1 rings (SSSR count). The van der Waals surface area contributed by atoms with Crippen LogP contribution in [0.3, 0.4) is 0 Å². The van der Waals surface area contributed by atoms with Gasteiger partial charge in [0.1, 0.15) is 24.7 Å². The fourth-order valence-corrected chi connectivity index (χ4v) is 1.46. The third-order valence-electron chi connectivity index (χ3n) is 2.31. The molecule has 0 spiro atoms. The Kier molecular flexibility index (Phi) is 8.02. The molecule has 0 fully saturated rings. The van der Waals surface area contributed by atoms with E-state index in [-0.39, 0.29) is 6.10 Å². The van der Waals surface area contributed by atoms with Gasteiger partial charge in [-0.05, 0) is 32.9 Å². The Labute approximate surface area is 115 Å². The number of benzene rings is 1. The van der Waals surface area contributed by atoms with Gasteiger partial charge in [0.2, 0.25) is 0 Å². The van der Waals surface area contributed by atoms with Gasteiger partial charge in [-0.3, -0.25) is 0 Å². The molecule has 0 aliphatic heterocycles. The first kappa shape index (κ1) is 15.8. The Balaban J connectivity index is 2.27. The first-order valence-corrected chi connectivity index (χ1v) is 6.77. The van der Waals surface area contributed by atoms with Crippen LogP contribution in [0.1, 0.15) is 20.8 Å². The lowest BCUT2D eigenvalue weighted by Crippen LogP contribution is -2.11. The van der Waals surface area contributed by atoms with E-state index in [1.807, 2.05) is 45.0 Å². The maximum absolute atomic E-state index is 5.59. The van der Waals surface area contributed by atoms with Gasteiger partial charge in [-0.25, -0.2) is 0 Å². The van der Waals surface area contributed by atoms with Gasteiger partial charge in [0.15, 0.2) is 0 Å². The normalized spacial score (nSPS) is 10.7. The van der Waals surface area contributed by atoms with Gasteiger partial charge in [0.05, 0.1) is 19.3 Å². The molecule has 0 amide bonds. The summed E-state index contributed by atoms with van der Waals surface area (Å²) in [5, 5.41) is 0. The Hall–Kier alpha value is -1.26. The van der Waals surface area contributed by atoms with E-state index in [9.17, 15) is 0 Å². The van der Waals surface area contributed by atoms with Crippen molar-refractivity contribution in [2.45, 2.75) is 26.9 Å². The van der Waals surface area contributed by atoms with E-state index in [4.69, 9.17) is 18.9 Å². The van der Waals surface area contributed by atoms with Crippen LogP contribution < -0.4 is 9.47 Å². The molecular formula is C15H24O4. The highest BCUT2D eigenvalue weighted by Gasteiger charge is 1.99. The smallest absolute Gasteiger partial charge is 0.123 e. The Morgan fingerprint density at radius 2 is 1.58 bits per heavy atom. The molecule has 0 atom stereocenters. The summed E-state index contributed by atoms with van der Waals surface area (Å²) in [6.07, 6.45) is 0.233. The molecule has 0 aliphatic carbocycles. The predicted octanol–water partition coefficient (Wildman–Crippen LogP) is 2.91. The van der Waals surface area contributed by atoms with Crippen LogP contribution in [0.5, 0.6) is 11.5 Å². The zero-order valence-corrected chi connectivity index (χ0v) is 12.1. The standard InChI is InChI=1S/C15H24O4/c1-4-16-8-9-18-14-6-5-7-15(12-14)19-11-10-17-13(2)3/h5-7,12-13H,4,8-11H2,1-3H3. The van der Waals surface area contributed by atoms with Gasteiger partial charge in [0, 0.05) is 12.7 Å². The lowest BCUT2D eigenvalue weighted by molar-refractivity contribution is 0.0551. The van der Waals surface area contributed by atoms with Crippen molar-refractivity contribution in [3.05, 3.63) is 24.3 Å². The summed E-state index contributed by atoms with van der Waals surface area (Å²) in [5.74, 6) is 1.59. The van der Waals surface area contributed by atoms with Gasteiger partial charge >= 0.3 is 0 Å². The molecule has 0 N–H and O–H groups in total. The minimum absolute atomic E-state index is 0.233. The molecular weight excluding hydrogens is 244 g/mol. The summed E-state index contributed by atoms with van der Waals surface area (Å²) in [4.78, 5) is 0. The molecule has 19 heavy (non-hydrogen) atoms. The number of hydrogen-bond donors (Lipinski definition) is 0. The molecule has 0 saturated heterocycles. The fourth-order valence-electron chi connectivity index (χ4n) is 1.46. The molecule has 108 valence electrons. The largest absolute Gasteiger partial charge is 0.491 e. The van der Waals surface area contributed by atoms with E-state index in [2.05, 4.69) is 0 Å². The summed E-state index contributed by atoms with van der Waals surface area (Å²) in [5.41, 5.74) is 0. The Bertz CT molecular complexity index is 339. The summed E-state index contributed by atoms with van der Waals surface area (Å²) < 4.78 is 21.8. The summed E-state index contributed by atoms with van der Waals surface area (Å²) >= 11 is 0. The number of hydrogen-bond acceptors (Lipinski definition) is 4. The molecule has 0 aromatic heterocycles. The topological polar surface area (TPSA) is 36.9 Å². The minimum Gasteiger partial charge on any atom is -0.491 e. The van der Waals surface area contributed by atoms with Crippen LogP contribution in [-0.4, -0.2) is 39.1 Å². The maximum atomic E-state index is 5.59. The van der Waals surface area contributed by atoms with Crippen LogP contribution in [0.2, 0.25) is 0 Å². The fraction of sp³-hybridized carbons (Fsp3) is 0.600. The number of rotatable bonds is 10. The predicted molar refractivity (Wildman–Crippen MR) is 75.0 cm³/mol. The second-order valence-corrected chi connectivity index (χ2v) is 4.29. The summed E-state index contributed by atoms with van der Waals surface area (Å²) in [7, 11) is 0. The van der Waals surface area contributed by atoms with E-state index in [1.165, 1.54) is 0 Å². The van der Waals surface area contributed by atoms with E-state index < -0.39 is 0 Å². The van der Waals surface area contributed by atoms with Crippen molar-refractivity contribution in [3.63, 3.8) is 0 Å². The van der Waals surface area contributed by atoms with Crippen molar-refractivity contribution in [1.29, 1.82) is 0 Å². The third kappa shape index (κ3) is 7.70. The highest BCUT2D eigenvalue weighted by molar-refractivity contribution is 5.32. The molecule has 4 heteroatoms. The third-order valence-corrected chi connectivity index (χ3v) is 2.31. The van der Waals surface area contributed by atoms with Crippen LogP contribution in [0.25, 0.3) is 0 Å². The van der Waals surface area contributed by atoms with Crippen LogP contribution >= 0.6 is 0 Å². The summed E-state index contributed by atoms with van der Waals surface area (Å²) in [6.45, 7) is 8.97. The van der Waals surface area contributed by atoms with Gasteiger partial charge in [-0.2, -0.15) is 0 Å². The first-order chi connectivity index (χ1) is 9.22. The lowest BCUT2D eigenvalue weighted by atomic mass is 10.3. The molecule has 0 radical (unpaired) electrons. The van der Waals surface area contributed by atoms with Gasteiger partial charge in [-0.1, -0.05) is 6.07 Å². The van der Waals surface area contributed by atoms with Crippen LogP contribution in [0.15, 0.2) is 24.3 Å². The molecule has 4 nitrogen and oxygen atoms in total. The zero-order valence-electron chi connectivity index (χ0n) is 12.1. The van der Waals surface area contributed by atoms with Gasteiger partial charge in [0.25, 0.3) is 0 Å². The molecule has 0 heterocycles. The SMILES string of the molecule is CCOCCOc1cccc(OCCOC(C)C)c1. The maximum Gasteiger partial charge on any atom is 0.123 e. The highest BCUT2D eigenvalue weighted by atomic mass is 16.5. The van der Waals surface area contributed by atoms with E-state index in [0.717, 1.165) is 11.5 Å². The Morgan fingerprint density at radius 1 is 0.947 bits per heavy atom. The average Bonchev–Trinajstić information content (AvgIpc) is 2.40. The first-order valence-electron chi connectivity index (χ1n) is 6.77. The van der Waals surface area contributed by atoms with E-state index in [0.29, 0.717) is 33.0 Å². The zero-order chi connectivity index (χ0) is 13.9. The van der Waals surface area contributed by atoms with E-state index in [1.54, 1.807) is 0 Å². The van der Waals surface area contributed by atoms with Crippen molar-refractivity contribution in [2.75, 3.05) is 33.0 Å². The van der Waals surface area contributed by atoms with Crippen molar-refractivity contribution < 1.29 is 18.9 Å². The lowest BCUT2D eigenvalue weighted by Gasteiger charge is -2.11. The molecule has 0 saturated carbocycles. The minimum atomic E-state index is 0.233. The van der Waals surface area contributed by atoms with Crippen molar-refractivity contribution in [2.24, 2.45) is 0 Å². The van der Waals surface area contributed by atoms with Crippen LogP contribution in [0.4, 0.5) is 0 Å². The van der Waals surface area contributed by atoms with Crippen LogP contribution in [-0.2, 0) is 9.47 Å². The van der Waals surface area contributed by atoms with Crippen molar-refractivity contribution in [3.8, 4) is 11.5 Å². The monoisotopic (exact) mass is 268 g/mol. The molecule has 0 aliphatic rings. The molecule has 1 aromatic carbocycles. The summed E-state index contributed by atoms with van der Waals surface area (Å²) in [6, 6.07) is 7.60. The van der Waals surface area contributed by atoms with Gasteiger partial charge in [-0.15, -0.1) is 0 Å². The molecule has 1 aromatic rings. The van der Waals surface area contributed by atoms with Crippen LogP contribution in [0, 0.1) is 0 Å². The highest BCUT2D eigenvalue weighted by Crippen LogP contribution is 2.19.